The molecule has 6 rings (SSSR count). The van der Waals surface area contributed by atoms with Crippen LogP contribution in [0.15, 0.2) is 48.8 Å². The Morgan fingerprint density at radius 1 is 1.11 bits per heavy atom. The lowest BCUT2D eigenvalue weighted by molar-refractivity contribution is 0.353. The van der Waals surface area contributed by atoms with Crippen LogP contribution in [0, 0.1) is 31.1 Å². The van der Waals surface area contributed by atoms with Crippen molar-refractivity contribution in [1.29, 1.82) is 0 Å². The van der Waals surface area contributed by atoms with Crippen molar-refractivity contribution < 1.29 is 9.50 Å². The van der Waals surface area contributed by atoms with E-state index in [0.29, 0.717) is 34.3 Å². The summed E-state index contributed by atoms with van der Waals surface area (Å²) in [6, 6.07) is 10.2. The topological polar surface area (TPSA) is 84.0 Å². The highest BCUT2D eigenvalue weighted by Crippen LogP contribution is 2.41. The van der Waals surface area contributed by atoms with E-state index in [1.807, 2.05) is 29.7 Å². The largest absolute Gasteiger partial charge is 0.508 e. The number of benzene rings is 2. The van der Waals surface area contributed by atoms with Crippen molar-refractivity contribution in [3.05, 3.63) is 71.6 Å². The van der Waals surface area contributed by atoms with Gasteiger partial charge in [0.1, 0.15) is 17.2 Å². The lowest BCUT2D eigenvalue weighted by Gasteiger charge is -2.37. The van der Waals surface area contributed by atoms with Gasteiger partial charge in [-0.2, -0.15) is 0 Å². The summed E-state index contributed by atoms with van der Waals surface area (Å²) in [7, 11) is 0. The minimum Gasteiger partial charge on any atom is -0.508 e. The molecule has 2 unspecified atom stereocenters. The minimum absolute atomic E-state index is 0.0352. The molecule has 176 valence electrons. The molecule has 1 aliphatic carbocycles. The van der Waals surface area contributed by atoms with Crippen LogP contribution in [0.5, 0.6) is 5.75 Å². The quantitative estimate of drug-likeness (QED) is 0.416. The van der Waals surface area contributed by atoms with Crippen molar-refractivity contribution in [2.24, 2.45) is 17.6 Å². The zero-order valence-corrected chi connectivity index (χ0v) is 19.3. The Morgan fingerprint density at radius 3 is 2.54 bits per heavy atom. The van der Waals surface area contributed by atoms with E-state index >= 15 is 0 Å². The number of aromatic nitrogens is 3. The second-order valence-electron chi connectivity index (χ2n) is 9.62. The number of halogens is 1. The summed E-state index contributed by atoms with van der Waals surface area (Å²) >= 11 is 0. The highest BCUT2D eigenvalue weighted by atomic mass is 19.1. The average Bonchev–Trinajstić information content (AvgIpc) is 3.40. The monoisotopic (exact) mass is 468 g/mol. The smallest absolute Gasteiger partial charge is 0.222 e. The Labute approximate surface area is 202 Å². The van der Waals surface area contributed by atoms with Crippen LogP contribution < -0.4 is 10.6 Å². The molecule has 35 heavy (non-hydrogen) atoms. The number of imidazole rings is 1. The molecule has 2 aromatic carbocycles. The third-order valence-corrected chi connectivity index (χ3v) is 7.56. The Hall–Kier alpha value is -3.96. The summed E-state index contributed by atoms with van der Waals surface area (Å²) in [5.74, 6) is 1.15. The molecule has 1 aliphatic heterocycles. The van der Waals surface area contributed by atoms with Crippen LogP contribution in [0.1, 0.15) is 18.4 Å². The summed E-state index contributed by atoms with van der Waals surface area (Å²) in [5, 5.41) is 10.4. The molecule has 1 saturated carbocycles. The van der Waals surface area contributed by atoms with E-state index in [0.717, 1.165) is 43.0 Å². The maximum atomic E-state index is 14.7. The molecule has 2 fully saturated rings. The number of hydrogen-bond acceptors (Lipinski definition) is 5. The molecule has 8 heteroatoms. The van der Waals surface area contributed by atoms with E-state index in [4.69, 9.17) is 17.3 Å². The molecule has 0 amide bonds. The molecule has 0 spiro atoms. The standard InChI is InChI=1S/C27H25FN6O/c1-15-3-4-16(12-22(15)35)23-25(17-7-8-21(30-2)20(28)11-17)32-27(34-10-9-31-26(23)34)33-13-18-5-6-19(14-33)24(18)29/h3-4,7-12,18-19,24,35H,5-6,13-14,29H2,1H3. The van der Waals surface area contributed by atoms with Crippen LogP contribution in [0.4, 0.5) is 16.0 Å². The van der Waals surface area contributed by atoms with Gasteiger partial charge in [-0.15, -0.1) is 0 Å². The van der Waals surface area contributed by atoms with Gasteiger partial charge in [0.25, 0.3) is 0 Å². The van der Waals surface area contributed by atoms with E-state index in [9.17, 15) is 9.50 Å². The molecule has 0 radical (unpaired) electrons. The van der Waals surface area contributed by atoms with Gasteiger partial charge in [0, 0.05) is 37.1 Å². The molecule has 3 heterocycles. The fourth-order valence-corrected chi connectivity index (χ4v) is 5.60. The van der Waals surface area contributed by atoms with Gasteiger partial charge in [-0.3, -0.25) is 4.40 Å². The number of fused-ring (bicyclic) bond motifs is 3. The van der Waals surface area contributed by atoms with Gasteiger partial charge in [-0.05, 0) is 54.9 Å². The highest BCUT2D eigenvalue weighted by Gasteiger charge is 2.41. The molecule has 2 atom stereocenters. The van der Waals surface area contributed by atoms with Crippen molar-refractivity contribution in [3.8, 4) is 28.1 Å². The van der Waals surface area contributed by atoms with Gasteiger partial charge in [0.15, 0.2) is 0 Å². The van der Waals surface area contributed by atoms with Gasteiger partial charge in [0.2, 0.25) is 11.6 Å². The van der Waals surface area contributed by atoms with Crippen LogP contribution in [-0.4, -0.2) is 38.6 Å². The Morgan fingerprint density at radius 2 is 1.86 bits per heavy atom. The van der Waals surface area contributed by atoms with Crippen LogP contribution in [0.3, 0.4) is 0 Å². The van der Waals surface area contributed by atoms with E-state index in [-0.39, 0.29) is 17.5 Å². The van der Waals surface area contributed by atoms with E-state index in [1.165, 1.54) is 12.1 Å². The summed E-state index contributed by atoms with van der Waals surface area (Å²) in [6.45, 7) is 10.7. The number of aromatic hydroxyl groups is 1. The first kappa shape index (κ1) is 21.6. The molecule has 2 aromatic heterocycles. The van der Waals surface area contributed by atoms with Gasteiger partial charge in [-0.25, -0.2) is 19.2 Å². The number of rotatable bonds is 3. The lowest BCUT2D eigenvalue weighted by Crippen LogP contribution is -2.49. The molecular weight excluding hydrogens is 443 g/mol. The van der Waals surface area contributed by atoms with Gasteiger partial charge < -0.3 is 15.7 Å². The molecule has 2 aliphatic rings. The van der Waals surface area contributed by atoms with E-state index in [1.54, 1.807) is 18.3 Å². The SMILES string of the molecule is [C-]#[N+]c1ccc(-c2nc(N3CC4CCC(C3)C4N)n3ccnc3c2-c2ccc(C)c(O)c2)cc1F. The number of aryl methyl sites for hydroxylation is 1. The molecule has 7 nitrogen and oxygen atoms in total. The average molecular weight is 469 g/mol. The van der Waals surface area contributed by atoms with Crippen molar-refractivity contribution >= 4 is 17.3 Å². The predicted molar refractivity (Wildman–Crippen MR) is 133 cm³/mol. The van der Waals surface area contributed by atoms with Crippen LogP contribution >= 0.6 is 0 Å². The van der Waals surface area contributed by atoms with E-state index in [2.05, 4.69) is 14.7 Å². The van der Waals surface area contributed by atoms with Gasteiger partial charge in [-0.1, -0.05) is 24.3 Å². The third kappa shape index (κ3) is 3.43. The lowest BCUT2D eigenvalue weighted by atomic mass is 9.93. The normalized spacial score (nSPS) is 21.4. The second-order valence-corrected chi connectivity index (χ2v) is 9.62. The van der Waals surface area contributed by atoms with Crippen molar-refractivity contribution in [1.82, 2.24) is 14.4 Å². The summed E-state index contributed by atoms with van der Waals surface area (Å²) in [5.41, 5.74) is 10.4. The number of phenols is 1. The summed E-state index contributed by atoms with van der Waals surface area (Å²) in [4.78, 5) is 15.3. The Balaban J connectivity index is 1.60. The minimum atomic E-state index is -0.594. The fraction of sp³-hybridized carbons (Fsp3) is 0.296. The fourth-order valence-electron chi connectivity index (χ4n) is 5.60. The highest BCUT2D eigenvalue weighted by molar-refractivity contribution is 5.91. The van der Waals surface area contributed by atoms with Crippen molar-refractivity contribution in [3.63, 3.8) is 0 Å². The molecule has 3 N–H and O–H groups in total. The van der Waals surface area contributed by atoms with Gasteiger partial charge in [0.05, 0.1) is 17.8 Å². The number of piperidine rings is 1. The first-order chi connectivity index (χ1) is 16.9. The van der Waals surface area contributed by atoms with Crippen molar-refractivity contribution in [2.45, 2.75) is 25.8 Å². The van der Waals surface area contributed by atoms with Gasteiger partial charge >= 0.3 is 0 Å². The third-order valence-electron chi connectivity index (χ3n) is 7.56. The second kappa shape index (κ2) is 8.07. The zero-order chi connectivity index (χ0) is 24.3. The van der Waals surface area contributed by atoms with Crippen LogP contribution in [0.25, 0.3) is 32.9 Å². The first-order valence-corrected chi connectivity index (χ1v) is 11.8. The maximum Gasteiger partial charge on any atom is 0.222 e. The molecular formula is C27H25FN6O. The Kier molecular flexibility index (Phi) is 4.97. The Bertz CT molecular complexity index is 1490. The molecule has 1 saturated heterocycles. The first-order valence-electron chi connectivity index (χ1n) is 11.8. The molecule has 2 bridgehead atoms. The summed E-state index contributed by atoms with van der Waals surface area (Å²) < 4.78 is 16.7. The van der Waals surface area contributed by atoms with Crippen molar-refractivity contribution in [2.75, 3.05) is 18.0 Å². The maximum absolute atomic E-state index is 14.7. The predicted octanol–water partition coefficient (Wildman–Crippen LogP) is 4.94. The van der Waals surface area contributed by atoms with E-state index < -0.39 is 5.82 Å². The zero-order valence-electron chi connectivity index (χ0n) is 19.3. The molecule has 4 aromatic rings. The number of phenolic OH excluding ortho intramolecular Hbond substituents is 1. The van der Waals surface area contributed by atoms with Crippen LogP contribution in [-0.2, 0) is 0 Å². The number of nitrogens with two attached hydrogens (primary N) is 1. The number of anilines is 1. The number of nitrogens with zero attached hydrogens (tertiary/aromatic N) is 5. The summed E-state index contributed by atoms with van der Waals surface area (Å²) in [6.07, 6.45) is 5.85. The number of hydrogen-bond donors (Lipinski definition) is 2. The van der Waals surface area contributed by atoms with Crippen LogP contribution in [0.2, 0.25) is 0 Å².